The van der Waals surface area contributed by atoms with Gasteiger partial charge in [0.05, 0.1) is 5.88 Å². The number of thiazole rings is 1. The zero-order valence-corrected chi connectivity index (χ0v) is 11.1. The fourth-order valence-electron chi connectivity index (χ4n) is 1.57. The highest BCUT2D eigenvalue weighted by Gasteiger charge is 2.18. The molecule has 0 aliphatic rings. The molecular formula is C11H11Cl2NOS. The van der Waals surface area contributed by atoms with Crippen LogP contribution < -0.4 is 17.0 Å². The molecule has 1 aromatic carbocycles. The molecule has 0 spiro atoms. The molecule has 0 bridgehead atoms. The van der Waals surface area contributed by atoms with E-state index in [1.165, 1.54) is 4.70 Å². The first-order chi connectivity index (χ1) is 7.22. The van der Waals surface area contributed by atoms with E-state index in [1.807, 2.05) is 29.7 Å². The number of hydrogen-bond acceptors (Lipinski definition) is 2. The fraction of sp³-hybridized carbons (Fsp3) is 0.273. The van der Waals surface area contributed by atoms with E-state index < -0.39 is 0 Å². The van der Waals surface area contributed by atoms with Gasteiger partial charge in [-0.1, -0.05) is 23.5 Å². The van der Waals surface area contributed by atoms with Gasteiger partial charge >= 0.3 is 0 Å². The molecule has 2 rings (SSSR count). The highest BCUT2D eigenvalue weighted by molar-refractivity contribution is 7.18. The smallest absolute Gasteiger partial charge is 0.235 e. The van der Waals surface area contributed by atoms with Gasteiger partial charge in [0.15, 0.2) is 0 Å². The van der Waals surface area contributed by atoms with Crippen molar-refractivity contribution in [2.75, 3.05) is 5.88 Å². The number of halogens is 2. The second-order valence-electron chi connectivity index (χ2n) is 3.35. The number of alkyl halides is 1. The lowest BCUT2D eigenvalue weighted by molar-refractivity contribution is -0.659. The zero-order valence-electron chi connectivity index (χ0n) is 8.74. The van der Waals surface area contributed by atoms with Crippen LogP contribution in [0.5, 0.6) is 0 Å². The Kier molecular flexibility index (Phi) is 4.71. The van der Waals surface area contributed by atoms with Gasteiger partial charge in [-0.05, 0) is 6.07 Å². The second kappa shape index (κ2) is 5.62. The van der Waals surface area contributed by atoms with E-state index in [2.05, 4.69) is 6.07 Å². The Bertz CT molecular complexity index is 510. The molecule has 1 heterocycles. The Morgan fingerprint density at radius 3 is 2.81 bits per heavy atom. The minimum Gasteiger partial charge on any atom is -1.00 e. The van der Waals surface area contributed by atoms with Crippen molar-refractivity contribution in [2.24, 2.45) is 0 Å². The molecule has 2 aromatic rings. The summed E-state index contributed by atoms with van der Waals surface area (Å²) in [4.78, 5) is 11.3. The Morgan fingerprint density at radius 2 is 2.12 bits per heavy atom. The summed E-state index contributed by atoms with van der Waals surface area (Å²) in [7, 11) is 0. The predicted octanol–water partition coefficient (Wildman–Crippen LogP) is -0.691. The van der Waals surface area contributed by atoms with Crippen LogP contribution in [0.25, 0.3) is 10.2 Å². The molecule has 0 amide bonds. The largest absolute Gasteiger partial charge is 1.00 e. The number of rotatable bonds is 3. The summed E-state index contributed by atoms with van der Waals surface area (Å²) >= 11 is 7.21. The summed E-state index contributed by atoms with van der Waals surface area (Å²) in [5.74, 6) is 0.129. The van der Waals surface area contributed by atoms with Crippen molar-refractivity contribution < 1.29 is 21.8 Å². The van der Waals surface area contributed by atoms with E-state index in [0.29, 0.717) is 6.54 Å². The number of nitrogens with zero attached hydrogens (tertiary/aromatic N) is 1. The van der Waals surface area contributed by atoms with Gasteiger partial charge in [0.1, 0.15) is 4.70 Å². The first-order valence-electron chi connectivity index (χ1n) is 4.68. The van der Waals surface area contributed by atoms with Crippen molar-refractivity contribution >= 4 is 38.9 Å². The molecule has 86 valence electrons. The number of benzene rings is 1. The lowest BCUT2D eigenvalue weighted by atomic mass is 10.3. The zero-order chi connectivity index (χ0) is 10.8. The van der Waals surface area contributed by atoms with Crippen LogP contribution in [0.15, 0.2) is 24.3 Å². The lowest BCUT2D eigenvalue weighted by Gasteiger charge is -1.93. The van der Waals surface area contributed by atoms with E-state index in [-0.39, 0.29) is 24.1 Å². The average molecular weight is 276 g/mol. The minimum absolute atomic E-state index is 0. The highest BCUT2D eigenvalue weighted by atomic mass is 35.5. The van der Waals surface area contributed by atoms with Crippen LogP contribution >= 0.6 is 22.9 Å². The molecule has 5 heteroatoms. The number of hydrogen-bond donors (Lipinski definition) is 0. The summed E-state index contributed by atoms with van der Waals surface area (Å²) in [5, 5.41) is 1.13. The van der Waals surface area contributed by atoms with Crippen molar-refractivity contribution in [3.63, 3.8) is 0 Å². The normalized spacial score (nSPS) is 10.1. The van der Waals surface area contributed by atoms with Crippen LogP contribution in [-0.4, -0.2) is 11.7 Å². The summed E-state index contributed by atoms with van der Waals surface area (Å²) in [6.45, 7) is 2.39. The molecule has 0 saturated carbocycles. The molecule has 0 fully saturated rings. The number of para-hydroxylation sites is 1. The van der Waals surface area contributed by atoms with Crippen LogP contribution in [0.1, 0.15) is 5.01 Å². The van der Waals surface area contributed by atoms with Crippen LogP contribution in [-0.2, 0) is 11.3 Å². The van der Waals surface area contributed by atoms with Gasteiger partial charge in [-0.2, -0.15) is 4.57 Å². The number of aryl methyl sites for hydroxylation is 1. The number of carbonyl (C=O) groups excluding carboxylic acids is 1. The molecule has 0 aliphatic heterocycles. The van der Waals surface area contributed by atoms with Crippen LogP contribution in [0.3, 0.4) is 0 Å². The second-order valence-corrected chi connectivity index (χ2v) is 4.85. The van der Waals surface area contributed by atoms with Crippen LogP contribution in [0.4, 0.5) is 0 Å². The third kappa shape index (κ3) is 2.54. The highest BCUT2D eigenvalue weighted by Crippen LogP contribution is 2.18. The molecule has 0 N–H and O–H groups in total. The quantitative estimate of drug-likeness (QED) is 0.537. The van der Waals surface area contributed by atoms with E-state index in [1.54, 1.807) is 11.3 Å². The number of ketones is 1. The van der Waals surface area contributed by atoms with Gasteiger partial charge in [0.25, 0.3) is 0 Å². The third-order valence-corrected chi connectivity index (χ3v) is 3.66. The van der Waals surface area contributed by atoms with E-state index >= 15 is 0 Å². The average Bonchev–Trinajstić information content (AvgIpc) is 2.55. The lowest BCUT2D eigenvalue weighted by Crippen LogP contribution is -3.00. The molecule has 0 saturated heterocycles. The van der Waals surface area contributed by atoms with Crippen LogP contribution in [0, 0.1) is 6.92 Å². The number of fused-ring (bicyclic) bond motifs is 1. The predicted molar refractivity (Wildman–Crippen MR) is 62.5 cm³/mol. The SMILES string of the molecule is Cc1sc2ccccc2[n+]1CC(=O)CCl.[Cl-]. The number of Topliss-reactive ketones (excluding diaryl/α,β-unsaturated/α-hetero) is 1. The molecule has 0 unspecified atom stereocenters. The van der Waals surface area contributed by atoms with Crippen LogP contribution in [0.2, 0.25) is 0 Å². The summed E-state index contributed by atoms with van der Waals surface area (Å²) in [5.41, 5.74) is 1.11. The monoisotopic (exact) mass is 275 g/mol. The van der Waals surface area contributed by atoms with Gasteiger partial charge in [-0.3, -0.25) is 4.79 Å². The van der Waals surface area contributed by atoms with Gasteiger partial charge in [-0.15, -0.1) is 11.6 Å². The van der Waals surface area contributed by atoms with Gasteiger partial charge in [0, 0.05) is 13.0 Å². The Balaban J connectivity index is 0.00000128. The van der Waals surface area contributed by atoms with Crippen molar-refractivity contribution in [2.45, 2.75) is 13.5 Å². The molecule has 16 heavy (non-hydrogen) atoms. The molecule has 0 aliphatic carbocycles. The van der Waals surface area contributed by atoms with Crippen molar-refractivity contribution in [3.05, 3.63) is 29.3 Å². The van der Waals surface area contributed by atoms with E-state index in [0.717, 1.165) is 10.5 Å². The number of aromatic nitrogens is 1. The summed E-state index contributed by atoms with van der Waals surface area (Å²) in [6.07, 6.45) is 0. The minimum atomic E-state index is 0. The fourth-order valence-corrected chi connectivity index (χ4v) is 2.67. The summed E-state index contributed by atoms with van der Waals surface area (Å²) in [6, 6.07) is 8.08. The van der Waals surface area contributed by atoms with Gasteiger partial charge in [0.2, 0.25) is 22.9 Å². The Hall–Kier alpha value is -0.640. The Labute approximate surface area is 109 Å². The number of carbonyl (C=O) groups is 1. The third-order valence-electron chi connectivity index (χ3n) is 2.28. The maximum atomic E-state index is 11.3. The molecular weight excluding hydrogens is 265 g/mol. The molecule has 0 atom stereocenters. The van der Waals surface area contributed by atoms with Crippen molar-refractivity contribution in [3.8, 4) is 0 Å². The van der Waals surface area contributed by atoms with Gasteiger partial charge < -0.3 is 12.4 Å². The van der Waals surface area contributed by atoms with E-state index in [4.69, 9.17) is 11.6 Å². The maximum absolute atomic E-state index is 11.3. The van der Waals surface area contributed by atoms with Crippen molar-refractivity contribution in [1.82, 2.24) is 0 Å². The first-order valence-corrected chi connectivity index (χ1v) is 6.03. The Morgan fingerprint density at radius 1 is 1.44 bits per heavy atom. The standard InChI is InChI=1S/C11H11ClNOS.ClH/c1-8-13(7-9(14)6-12)10-4-2-3-5-11(10)15-8;/h2-5H,6-7H2,1H3;1H/q+1;/p-1. The summed E-state index contributed by atoms with van der Waals surface area (Å²) < 4.78 is 3.22. The molecule has 1 aromatic heterocycles. The first kappa shape index (κ1) is 13.4. The van der Waals surface area contributed by atoms with Crippen molar-refractivity contribution in [1.29, 1.82) is 0 Å². The molecule has 0 radical (unpaired) electrons. The maximum Gasteiger partial charge on any atom is 0.235 e. The van der Waals surface area contributed by atoms with Gasteiger partial charge in [-0.25, -0.2) is 0 Å². The topological polar surface area (TPSA) is 20.9 Å². The molecule has 2 nitrogen and oxygen atoms in total. The van der Waals surface area contributed by atoms with E-state index in [9.17, 15) is 4.79 Å².